The van der Waals surface area contributed by atoms with E-state index in [0.717, 1.165) is 0 Å². The van der Waals surface area contributed by atoms with Gasteiger partial charge in [0.15, 0.2) is 0 Å². The predicted molar refractivity (Wildman–Crippen MR) is 78.1 cm³/mol. The first-order chi connectivity index (χ1) is 9.42. The maximum absolute atomic E-state index is 12.2. The van der Waals surface area contributed by atoms with E-state index in [4.69, 9.17) is 0 Å². The quantitative estimate of drug-likeness (QED) is 0.813. The van der Waals surface area contributed by atoms with E-state index in [1.807, 2.05) is 6.07 Å². The molecule has 0 N–H and O–H groups in total. The molecule has 6 nitrogen and oxygen atoms in total. The van der Waals surface area contributed by atoms with Crippen LogP contribution in [0, 0.1) is 0 Å². The summed E-state index contributed by atoms with van der Waals surface area (Å²) in [5.41, 5.74) is 0.507. The Labute approximate surface area is 117 Å². The summed E-state index contributed by atoms with van der Waals surface area (Å²) in [6.45, 7) is 0.337. The van der Waals surface area contributed by atoms with Crippen LogP contribution < -0.4 is 5.56 Å². The molecule has 2 rings (SSSR count). The van der Waals surface area contributed by atoms with Crippen LogP contribution in [0.25, 0.3) is 10.9 Å². The molecule has 0 saturated heterocycles. The summed E-state index contributed by atoms with van der Waals surface area (Å²) in [6.07, 6.45) is 1.84. The highest BCUT2D eigenvalue weighted by Crippen LogP contribution is 2.05. The summed E-state index contributed by atoms with van der Waals surface area (Å²) in [4.78, 5) is 16.4. The molecule has 0 fully saturated rings. The van der Waals surface area contributed by atoms with Gasteiger partial charge in [0.25, 0.3) is 5.56 Å². The van der Waals surface area contributed by atoms with Crippen LogP contribution in [0.15, 0.2) is 35.4 Å². The highest BCUT2D eigenvalue weighted by atomic mass is 32.2. The zero-order valence-corrected chi connectivity index (χ0v) is 12.3. The highest BCUT2D eigenvalue weighted by molar-refractivity contribution is 7.89. The van der Waals surface area contributed by atoms with Gasteiger partial charge in [0.05, 0.1) is 23.0 Å². The van der Waals surface area contributed by atoms with E-state index in [1.54, 1.807) is 18.2 Å². The molecule has 0 aliphatic carbocycles. The van der Waals surface area contributed by atoms with E-state index < -0.39 is 10.0 Å². The van der Waals surface area contributed by atoms with Crippen molar-refractivity contribution in [1.82, 2.24) is 13.9 Å². The average Bonchev–Trinajstić information content (AvgIpc) is 2.41. The average molecular weight is 295 g/mol. The van der Waals surface area contributed by atoms with E-state index in [1.165, 1.54) is 29.3 Å². The molecule has 20 heavy (non-hydrogen) atoms. The zero-order valence-electron chi connectivity index (χ0n) is 11.5. The first-order valence-corrected chi connectivity index (χ1v) is 7.87. The first kappa shape index (κ1) is 14.7. The Morgan fingerprint density at radius 1 is 1.25 bits per heavy atom. The fourth-order valence-corrected chi connectivity index (χ4v) is 2.72. The number of benzene rings is 1. The lowest BCUT2D eigenvalue weighted by Crippen LogP contribution is -2.27. The summed E-state index contributed by atoms with van der Waals surface area (Å²) >= 11 is 0. The van der Waals surface area contributed by atoms with Crippen molar-refractivity contribution in [3.63, 3.8) is 0 Å². The molecule has 0 aliphatic rings. The number of fused-ring (bicyclic) bond motifs is 1. The van der Waals surface area contributed by atoms with Crippen molar-refractivity contribution in [2.24, 2.45) is 0 Å². The van der Waals surface area contributed by atoms with Gasteiger partial charge in [0, 0.05) is 20.6 Å². The summed E-state index contributed by atoms with van der Waals surface area (Å²) in [5.74, 6) is 0.0132. The molecule has 0 radical (unpaired) electrons. The topological polar surface area (TPSA) is 72.3 Å². The Balaban J connectivity index is 2.16. The van der Waals surface area contributed by atoms with E-state index in [0.29, 0.717) is 23.9 Å². The SMILES string of the molecule is CN(C)S(=O)(=O)CCCn1cnc2ccccc2c1=O. The molecule has 0 saturated carbocycles. The second kappa shape index (κ2) is 5.72. The van der Waals surface area contributed by atoms with Gasteiger partial charge in [0.1, 0.15) is 0 Å². The Bertz CT molecular complexity index is 766. The molecule has 1 aromatic heterocycles. The van der Waals surface area contributed by atoms with Gasteiger partial charge in [-0.15, -0.1) is 0 Å². The van der Waals surface area contributed by atoms with Crippen molar-refractivity contribution >= 4 is 20.9 Å². The van der Waals surface area contributed by atoms with Crippen LogP contribution in [0.4, 0.5) is 0 Å². The van der Waals surface area contributed by atoms with Crippen LogP contribution in [0.5, 0.6) is 0 Å². The van der Waals surface area contributed by atoms with Crippen LogP contribution in [0.2, 0.25) is 0 Å². The molecule has 1 heterocycles. The van der Waals surface area contributed by atoms with Gasteiger partial charge < -0.3 is 0 Å². The van der Waals surface area contributed by atoms with E-state index >= 15 is 0 Å². The third-order valence-electron chi connectivity index (χ3n) is 3.09. The van der Waals surface area contributed by atoms with Crippen LogP contribution in [-0.2, 0) is 16.6 Å². The standard InChI is InChI=1S/C13H17N3O3S/c1-15(2)20(18,19)9-5-8-16-10-14-12-7-4-3-6-11(12)13(16)17/h3-4,6-7,10H,5,8-9H2,1-2H3. The molecule has 1 aromatic carbocycles. The van der Waals surface area contributed by atoms with Crippen LogP contribution in [0.1, 0.15) is 6.42 Å². The molecule has 0 unspecified atom stereocenters. The minimum atomic E-state index is -3.23. The maximum atomic E-state index is 12.2. The number of sulfonamides is 1. The third kappa shape index (κ3) is 3.05. The summed E-state index contributed by atoms with van der Waals surface area (Å²) in [5, 5.41) is 0.547. The zero-order chi connectivity index (χ0) is 14.8. The molecule has 2 aromatic rings. The Morgan fingerprint density at radius 3 is 2.65 bits per heavy atom. The predicted octanol–water partition coefficient (Wildman–Crippen LogP) is 0.678. The number of aromatic nitrogens is 2. The number of hydrogen-bond donors (Lipinski definition) is 0. The van der Waals surface area contributed by atoms with Gasteiger partial charge in [-0.1, -0.05) is 12.1 Å². The molecule has 0 amide bonds. The van der Waals surface area contributed by atoms with Gasteiger partial charge >= 0.3 is 0 Å². The van der Waals surface area contributed by atoms with Crippen LogP contribution in [-0.4, -0.2) is 42.1 Å². The molecule has 108 valence electrons. The molecule has 0 aliphatic heterocycles. The van der Waals surface area contributed by atoms with Crippen LogP contribution >= 0.6 is 0 Å². The molecule has 0 atom stereocenters. The fraction of sp³-hybridized carbons (Fsp3) is 0.385. The minimum Gasteiger partial charge on any atom is -0.299 e. The molecule has 0 spiro atoms. The maximum Gasteiger partial charge on any atom is 0.261 e. The van der Waals surface area contributed by atoms with Gasteiger partial charge in [-0.2, -0.15) is 0 Å². The molecule has 0 bridgehead atoms. The fourth-order valence-electron chi connectivity index (χ4n) is 1.87. The Morgan fingerprint density at radius 2 is 1.95 bits per heavy atom. The van der Waals surface area contributed by atoms with Gasteiger partial charge in [0.2, 0.25) is 10.0 Å². The smallest absolute Gasteiger partial charge is 0.261 e. The van der Waals surface area contributed by atoms with Crippen molar-refractivity contribution in [2.75, 3.05) is 19.8 Å². The van der Waals surface area contributed by atoms with Crippen molar-refractivity contribution in [2.45, 2.75) is 13.0 Å². The molecular weight excluding hydrogens is 278 g/mol. The van der Waals surface area contributed by atoms with Gasteiger partial charge in [-0.3, -0.25) is 9.36 Å². The van der Waals surface area contributed by atoms with Crippen LogP contribution in [0.3, 0.4) is 0 Å². The van der Waals surface area contributed by atoms with Crippen molar-refractivity contribution in [3.8, 4) is 0 Å². The van der Waals surface area contributed by atoms with Crippen molar-refractivity contribution < 1.29 is 8.42 Å². The van der Waals surface area contributed by atoms with E-state index in [9.17, 15) is 13.2 Å². The normalized spacial score (nSPS) is 12.2. The lowest BCUT2D eigenvalue weighted by atomic mass is 10.2. The number of aryl methyl sites for hydroxylation is 1. The Hall–Kier alpha value is -1.73. The second-order valence-electron chi connectivity index (χ2n) is 4.71. The summed E-state index contributed by atoms with van der Waals surface area (Å²) < 4.78 is 25.9. The number of rotatable bonds is 5. The lowest BCUT2D eigenvalue weighted by molar-refractivity contribution is 0.514. The lowest BCUT2D eigenvalue weighted by Gasteiger charge is -2.11. The number of nitrogens with zero attached hydrogens (tertiary/aromatic N) is 3. The third-order valence-corrected chi connectivity index (χ3v) is 5.01. The number of hydrogen-bond acceptors (Lipinski definition) is 4. The largest absolute Gasteiger partial charge is 0.299 e. The monoisotopic (exact) mass is 295 g/mol. The van der Waals surface area contributed by atoms with E-state index in [2.05, 4.69) is 4.98 Å². The molecule has 7 heteroatoms. The summed E-state index contributed by atoms with van der Waals surface area (Å²) in [7, 11) is -0.228. The second-order valence-corrected chi connectivity index (χ2v) is 7.01. The van der Waals surface area contributed by atoms with Gasteiger partial charge in [-0.25, -0.2) is 17.7 Å². The van der Waals surface area contributed by atoms with Gasteiger partial charge in [-0.05, 0) is 18.6 Å². The Kier molecular flexibility index (Phi) is 4.20. The van der Waals surface area contributed by atoms with E-state index in [-0.39, 0.29) is 11.3 Å². The minimum absolute atomic E-state index is 0.0132. The highest BCUT2D eigenvalue weighted by Gasteiger charge is 2.13. The summed E-state index contributed by atoms with van der Waals surface area (Å²) in [6, 6.07) is 7.10. The van der Waals surface area contributed by atoms with Crippen molar-refractivity contribution in [3.05, 3.63) is 40.9 Å². The first-order valence-electron chi connectivity index (χ1n) is 6.26. The number of para-hydroxylation sites is 1. The molecular formula is C13H17N3O3S. The van der Waals surface area contributed by atoms with Crippen molar-refractivity contribution in [1.29, 1.82) is 0 Å².